The van der Waals surface area contributed by atoms with E-state index in [9.17, 15) is 9.90 Å². The number of phenols is 1. The zero-order valence-corrected chi connectivity index (χ0v) is 13.8. The molecule has 0 spiro atoms. The number of hydrogen-bond donors (Lipinski definition) is 2. The summed E-state index contributed by atoms with van der Waals surface area (Å²) in [5.41, 5.74) is 1.16. The van der Waals surface area contributed by atoms with Gasteiger partial charge in [0.05, 0.1) is 0 Å². The third kappa shape index (κ3) is 2.79. The summed E-state index contributed by atoms with van der Waals surface area (Å²) in [6.45, 7) is 0.817. The van der Waals surface area contributed by atoms with Crippen molar-refractivity contribution < 1.29 is 9.90 Å². The highest BCUT2D eigenvalue weighted by atomic mass is 16.3. The number of carbonyl (C=O) groups excluding carboxylic acids is 1. The minimum absolute atomic E-state index is 0.0496. The fourth-order valence-electron chi connectivity index (χ4n) is 5.68. The van der Waals surface area contributed by atoms with Crippen LogP contribution in [0.2, 0.25) is 0 Å². The lowest BCUT2D eigenvalue weighted by Crippen LogP contribution is -2.52. The van der Waals surface area contributed by atoms with E-state index in [2.05, 4.69) is 5.32 Å². The van der Waals surface area contributed by atoms with Gasteiger partial charge in [-0.15, -0.1) is 0 Å². The molecule has 4 nitrogen and oxygen atoms in total. The van der Waals surface area contributed by atoms with Gasteiger partial charge in [-0.3, -0.25) is 4.90 Å². The number of nitrogens with one attached hydrogen (secondary N) is 1. The highest BCUT2D eigenvalue weighted by Gasteiger charge is 2.50. The minimum Gasteiger partial charge on any atom is -0.508 e. The number of amides is 2. The predicted molar refractivity (Wildman–Crippen MR) is 90.5 cm³/mol. The molecule has 0 saturated heterocycles. The Kier molecular flexibility index (Phi) is 3.51. The second-order valence-corrected chi connectivity index (χ2v) is 8.15. The number of carbonyl (C=O) groups is 1. The van der Waals surface area contributed by atoms with Gasteiger partial charge in [0, 0.05) is 19.3 Å². The third-order valence-corrected chi connectivity index (χ3v) is 6.32. The first-order valence-corrected chi connectivity index (χ1v) is 8.84. The quantitative estimate of drug-likeness (QED) is 0.892. The van der Waals surface area contributed by atoms with E-state index in [1.165, 1.54) is 38.5 Å². The van der Waals surface area contributed by atoms with Gasteiger partial charge in [0.1, 0.15) is 5.75 Å². The maximum absolute atomic E-state index is 12.5. The Morgan fingerprint density at radius 1 is 1.13 bits per heavy atom. The van der Waals surface area contributed by atoms with Gasteiger partial charge < -0.3 is 10.4 Å². The molecule has 4 heteroatoms. The van der Waals surface area contributed by atoms with Gasteiger partial charge >= 0.3 is 6.03 Å². The van der Waals surface area contributed by atoms with Crippen LogP contribution in [0.5, 0.6) is 5.75 Å². The molecule has 4 aliphatic carbocycles. The van der Waals surface area contributed by atoms with E-state index < -0.39 is 0 Å². The number of nitrogens with zero attached hydrogens (tertiary/aromatic N) is 1. The molecule has 0 heterocycles. The van der Waals surface area contributed by atoms with Gasteiger partial charge in [-0.1, -0.05) is 0 Å². The molecule has 1 aromatic carbocycles. The summed E-state index contributed by atoms with van der Waals surface area (Å²) in [6, 6.07) is 6.70. The molecule has 5 rings (SSSR count). The molecule has 4 aliphatic rings. The van der Waals surface area contributed by atoms with Crippen LogP contribution in [0, 0.1) is 23.2 Å². The van der Waals surface area contributed by atoms with Crippen LogP contribution in [0.15, 0.2) is 24.3 Å². The molecule has 0 unspecified atom stereocenters. The molecular weight excluding hydrogens is 288 g/mol. The molecule has 4 saturated carbocycles. The van der Waals surface area contributed by atoms with Crippen molar-refractivity contribution in [2.75, 3.05) is 18.5 Å². The van der Waals surface area contributed by atoms with Gasteiger partial charge in [0.25, 0.3) is 0 Å². The van der Waals surface area contributed by atoms with E-state index in [1.807, 2.05) is 0 Å². The smallest absolute Gasteiger partial charge is 0.321 e. The number of hydrogen-bond acceptors (Lipinski definition) is 2. The summed E-state index contributed by atoms with van der Waals surface area (Å²) in [6.07, 6.45) is 8.22. The van der Waals surface area contributed by atoms with Crippen LogP contribution in [0.3, 0.4) is 0 Å². The van der Waals surface area contributed by atoms with Crippen molar-refractivity contribution in [1.82, 2.24) is 5.32 Å². The second kappa shape index (κ2) is 5.43. The SMILES string of the molecule is CN(C(=O)NCC12CC3CC(CC(C3)C1)C2)c1ccc(O)cc1. The molecule has 0 aliphatic heterocycles. The summed E-state index contributed by atoms with van der Waals surface area (Å²) < 4.78 is 0. The molecule has 1 aromatic rings. The first-order chi connectivity index (χ1) is 11.0. The fourth-order valence-corrected chi connectivity index (χ4v) is 5.68. The highest BCUT2D eigenvalue weighted by molar-refractivity contribution is 5.91. The van der Waals surface area contributed by atoms with Crippen molar-refractivity contribution in [1.29, 1.82) is 0 Å². The highest BCUT2D eigenvalue weighted by Crippen LogP contribution is 2.59. The van der Waals surface area contributed by atoms with Gasteiger partial charge in [-0.25, -0.2) is 4.79 Å². The van der Waals surface area contributed by atoms with Crippen LogP contribution in [-0.4, -0.2) is 24.7 Å². The van der Waals surface area contributed by atoms with Crippen LogP contribution < -0.4 is 10.2 Å². The largest absolute Gasteiger partial charge is 0.508 e. The summed E-state index contributed by atoms with van der Waals surface area (Å²) in [5, 5.41) is 12.5. The van der Waals surface area contributed by atoms with E-state index >= 15 is 0 Å². The van der Waals surface area contributed by atoms with Crippen LogP contribution in [0.4, 0.5) is 10.5 Å². The fraction of sp³-hybridized carbons (Fsp3) is 0.632. The van der Waals surface area contributed by atoms with Crippen LogP contribution >= 0.6 is 0 Å². The zero-order valence-electron chi connectivity index (χ0n) is 13.8. The molecule has 2 amide bonds. The predicted octanol–water partition coefficient (Wildman–Crippen LogP) is 3.75. The van der Waals surface area contributed by atoms with Gasteiger partial charge in [-0.05, 0) is 86.0 Å². The standard InChI is InChI=1S/C19H26N2O2/c1-21(16-2-4-17(22)5-3-16)18(23)20-12-19-9-13-6-14(10-19)8-15(7-13)11-19/h2-5,13-15,22H,6-12H2,1H3,(H,20,23). The molecule has 0 atom stereocenters. The maximum atomic E-state index is 12.5. The Morgan fingerprint density at radius 2 is 1.65 bits per heavy atom. The maximum Gasteiger partial charge on any atom is 0.321 e. The Bertz CT molecular complexity index is 561. The molecule has 0 radical (unpaired) electrons. The molecule has 124 valence electrons. The molecule has 0 aromatic heterocycles. The first kappa shape index (κ1) is 14.9. The number of anilines is 1. The Morgan fingerprint density at radius 3 is 2.17 bits per heavy atom. The second-order valence-electron chi connectivity index (χ2n) is 8.15. The van der Waals surface area contributed by atoms with E-state index in [-0.39, 0.29) is 11.8 Å². The van der Waals surface area contributed by atoms with E-state index in [4.69, 9.17) is 0 Å². The lowest BCUT2D eigenvalue weighted by Gasteiger charge is -2.56. The molecule has 2 N–H and O–H groups in total. The summed E-state index contributed by atoms with van der Waals surface area (Å²) in [7, 11) is 1.78. The number of urea groups is 1. The normalized spacial score (nSPS) is 34.4. The topological polar surface area (TPSA) is 52.6 Å². The lowest BCUT2D eigenvalue weighted by molar-refractivity contribution is -0.0497. The lowest BCUT2D eigenvalue weighted by atomic mass is 9.49. The van der Waals surface area contributed by atoms with Crippen molar-refractivity contribution in [3.63, 3.8) is 0 Å². The third-order valence-electron chi connectivity index (χ3n) is 6.32. The van der Waals surface area contributed by atoms with Crippen LogP contribution in [-0.2, 0) is 0 Å². The van der Waals surface area contributed by atoms with Crippen molar-refractivity contribution in [3.8, 4) is 5.75 Å². The average molecular weight is 314 g/mol. The van der Waals surface area contributed by atoms with Gasteiger partial charge in [0.15, 0.2) is 0 Å². The van der Waals surface area contributed by atoms with Gasteiger partial charge in [-0.2, -0.15) is 0 Å². The first-order valence-electron chi connectivity index (χ1n) is 8.84. The van der Waals surface area contributed by atoms with E-state index in [0.29, 0.717) is 5.41 Å². The van der Waals surface area contributed by atoms with Crippen molar-refractivity contribution in [3.05, 3.63) is 24.3 Å². The molecule has 23 heavy (non-hydrogen) atoms. The summed E-state index contributed by atoms with van der Waals surface area (Å²) >= 11 is 0. The molecule has 4 fully saturated rings. The number of phenolic OH excluding ortho intramolecular Hbond substituents is 1. The Balaban J connectivity index is 1.39. The molecule has 4 bridgehead atoms. The van der Waals surface area contributed by atoms with Crippen LogP contribution in [0.1, 0.15) is 38.5 Å². The summed E-state index contributed by atoms with van der Waals surface area (Å²) in [5.74, 6) is 2.95. The van der Waals surface area contributed by atoms with Crippen LogP contribution in [0.25, 0.3) is 0 Å². The Labute approximate surface area is 137 Å². The van der Waals surface area contributed by atoms with Crippen molar-refractivity contribution >= 4 is 11.7 Å². The average Bonchev–Trinajstić information content (AvgIpc) is 2.51. The summed E-state index contributed by atoms with van der Waals surface area (Å²) in [4.78, 5) is 14.1. The number of rotatable bonds is 3. The number of aromatic hydroxyl groups is 1. The minimum atomic E-state index is -0.0496. The zero-order chi connectivity index (χ0) is 16.0. The van der Waals surface area contributed by atoms with Crippen molar-refractivity contribution in [2.24, 2.45) is 23.2 Å². The Hall–Kier alpha value is -1.71. The van der Waals surface area contributed by atoms with Crippen molar-refractivity contribution in [2.45, 2.75) is 38.5 Å². The monoisotopic (exact) mass is 314 g/mol. The molecular formula is C19H26N2O2. The van der Waals surface area contributed by atoms with E-state index in [1.54, 1.807) is 36.2 Å². The van der Waals surface area contributed by atoms with Gasteiger partial charge in [0.2, 0.25) is 0 Å². The van der Waals surface area contributed by atoms with E-state index in [0.717, 1.165) is 30.0 Å². The number of benzene rings is 1.